The molecule has 1 rings (SSSR count). The number of hydrogen-bond acceptors (Lipinski definition) is 3. The van der Waals surface area contributed by atoms with Crippen LogP contribution in [0.4, 0.5) is 0 Å². The predicted molar refractivity (Wildman–Crippen MR) is 51.8 cm³/mol. The molecule has 0 aromatic carbocycles. The Morgan fingerprint density at radius 2 is 2.25 bits per heavy atom. The molecule has 0 bridgehead atoms. The third-order valence-electron chi connectivity index (χ3n) is 1.95. The molecule has 70 valence electrons. The van der Waals surface area contributed by atoms with E-state index in [0.29, 0.717) is 5.92 Å². The van der Waals surface area contributed by atoms with E-state index in [0.717, 1.165) is 13.0 Å². The summed E-state index contributed by atoms with van der Waals surface area (Å²) >= 11 is 5.94. The minimum absolute atomic E-state index is 0.247. The van der Waals surface area contributed by atoms with Crippen molar-refractivity contribution in [3.05, 3.63) is 0 Å². The van der Waals surface area contributed by atoms with E-state index in [1.807, 2.05) is 5.01 Å². The SMILES string of the molecule is CCN1N=CN(Cl)C1CC(C)C. The Morgan fingerprint density at radius 1 is 1.58 bits per heavy atom. The van der Waals surface area contributed by atoms with E-state index in [4.69, 9.17) is 11.8 Å². The molecule has 1 aliphatic heterocycles. The highest BCUT2D eigenvalue weighted by Gasteiger charge is 2.25. The second kappa shape index (κ2) is 3.99. The molecule has 0 N–H and O–H groups in total. The molecule has 1 aliphatic rings. The molecule has 0 aromatic rings. The van der Waals surface area contributed by atoms with Crippen molar-refractivity contribution in [1.29, 1.82) is 0 Å². The first-order chi connectivity index (χ1) is 5.65. The topological polar surface area (TPSA) is 18.8 Å². The number of nitrogens with zero attached hydrogens (tertiary/aromatic N) is 3. The highest BCUT2D eigenvalue weighted by Crippen LogP contribution is 2.20. The fraction of sp³-hybridized carbons (Fsp3) is 0.875. The van der Waals surface area contributed by atoms with Gasteiger partial charge < -0.3 is 0 Å². The van der Waals surface area contributed by atoms with E-state index in [1.165, 1.54) is 0 Å². The number of hydrazone groups is 1. The summed E-state index contributed by atoms with van der Waals surface area (Å²) in [4.78, 5) is 0. The second-order valence-corrected chi connectivity index (χ2v) is 3.83. The molecule has 0 aromatic heterocycles. The van der Waals surface area contributed by atoms with Gasteiger partial charge in [0.1, 0.15) is 12.5 Å². The zero-order valence-corrected chi connectivity index (χ0v) is 8.62. The minimum Gasteiger partial charge on any atom is -0.272 e. The van der Waals surface area contributed by atoms with Crippen LogP contribution < -0.4 is 0 Å². The third kappa shape index (κ3) is 2.03. The minimum atomic E-state index is 0.247. The quantitative estimate of drug-likeness (QED) is 0.634. The molecule has 12 heavy (non-hydrogen) atoms. The van der Waals surface area contributed by atoms with Gasteiger partial charge in [0.05, 0.1) is 0 Å². The molecule has 4 heteroatoms. The molecule has 0 saturated heterocycles. The van der Waals surface area contributed by atoms with E-state index in [-0.39, 0.29) is 6.17 Å². The van der Waals surface area contributed by atoms with Gasteiger partial charge in [-0.2, -0.15) is 5.10 Å². The van der Waals surface area contributed by atoms with Crippen LogP contribution in [0.3, 0.4) is 0 Å². The number of rotatable bonds is 3. The molecule has 0 saturated carbocycles. The summed E-state index contributed by atoms with van der Waals surface area (Å²) in [5.74, 6) is 0.645. The molecular weight excluding hydrogens is 174 g/mol. The smallest absolute Gasteiger partial charge is 0.134 e. The van der Waals surface area contributed by atoms with Crippen molar-refractivity contribution in [2.75, 3.05) is 6.54 Å². The molecule has 0 radical (unpaired) electrons. The first-order valence-electron chi connectivity index (χ1n) is 4.40. The molecular formula is C8H16ClN3. The maximum Gasteiger partial charge on any atom is 0.134 e. The summed E-state index contributed by atoms with van der Waals surface area (Å²) in [6.07, 6.45) is 2.98. The van der Waals surface area contributed by atoms with Gasteiger partial charge in [-0.05, 0) is 19.3 Å². The molecule has 0 amide bonds. The lowest BCUT2D eigenvalue weighted by Crippen LogP contribution is -2.35. The third-order valence-corrected chi connectivity index (χ3v) is 2.26. The van der Waals surface area contributed by atoms with Gasteiger partial charge in [-0.3, -0.25) is 5.01 Å². The summed E-state index contributed by atoms with van der Waals surface area (Å²) in [6, 6.07) is 0. The van der Waals surface area contributed by atoms with Gasteiger partial charge in [0.2, 0.25) is 0 Å². The Labute approximate surface area is 79.1 Å². The summed E-state index contributed by atoms with van der Waals surface area (Å²) in [5, 5.41) is 6.18. The summed E-state index contributed by atoms with van der Waals surface area (Å²) < 4.78 is 1.66. The van der Waals surface area contributed by atoms with Gasteiger partial charge in [0, 0.05) is 18.3 Å². The normalized spacial score (nSPS) is 22.9. The number of hydrogen-bond donors (Lipinski definition) is 0. The lowest BCUT2D eigenvalue weighted by atomic mass is 10.1. The Bertz CT molecular complexity index is 170. The van der Waals surface area contributed by atoms with Gasteiger partial charge in [0.25, 0.3) is 0 Å². The van der Waals surface area contributed by atoms with Gasteiger partial charge in [-0.25, -0.2) is 4.42 Å². The van der Waals surface area contributed by atoms with Crippen LogP contribution in [0.1, 0.15) is 27.2 Å². The summed E-state index contributed by atoms with van der Waals surface area (Å²) in [5.41, 5.74) is 0. The summed E-state index contributed by atoms with van der Waals surface area (Å²) in [6.45, 7) is 7.38. The first-order valence-corrected chi connectivity index (χ1v) is 4.73. The Morgan fingerprint density at radius 3 is 2.75 bits per heavy atom. The van der Waals surface area contributed by atoms with E-state index in [2.05, 4.69) is 25.9 Å². The maximum atomic E-state index is 5.94. The first kappa shape index (κ1) is 9.65. The van der Waals surface area contributed by atoms with Crippen molar-refractivity contribution in [3.8, 4) is 0 Å². The van der Waals surface area contributed by atoms with Crippen molar-refractivity contribution in [2.45, 2.75) is 33.4 Å². The zero-order chi connectivity index (χ0) is 9.14. The zero-order valence-electron chi connectivity index (χ0n) is 7.87. The van der Waals surface area contributed by atoms with Crippen LogP contribution >= 0.6 is 11.8 Å². The van der Waals surface area contributed by atoms with Crippen LogP contribution in [-0.4, -0.2) is 28.5 Å². The maximum absolute atomic E-state index is 5.94. The molecule has 0 spiro atoms. The van der Waals surface area contributed by atoms with Crippen molar-refractivity contribution in [1.82, 2.24) is 9.43 Å². The second-order valence-electron chi connectivity index (χ2n) is 3.44. The van der Waals surface area contributed by atoms with Gasteiger partial charge >= 0.3 is 0 Å². The van der Waals surface area contributed by atoms with Gasteiger partial charge in [-0.15, -0.1) is 0 Å². The van der Waals surface area contributed by atoms with Gasteiger partial charge in [0.15, 0.2) is 0 Å². The highest BCUT2D eigenvalue weighted by molar-refractivity contribution is 6.19. The average molecular weight is 190 g/mol. The number of halogens is 1. The summed E-state index contributed by atoms with van der Waals surface area (Å²) in [7, 11) is 0. The lowest BCUT2D eigenvalue weighted by Gasteiger charge is -2.26. The standard InChI is InChI=1S/C8H16ClN3/c1-4-12-8(5-7(2)3)11(9)6-10-12/h6-8H,4-5H2,1-3H3. The molecule has 0 aliphatic carbocycles. The monoisotopic (exact) mass is 189 g/mol. The van der Waals surface area contributed by atoms with Crippen LogP contribution in [0.2, 0.25) is 0 Å². The molecule has 1 unspecified atom stereocenters. The Kier molecular flexibility index (Phi) is 3.20. The van der Waals surface area contributed by atoms with E-state index in [1.54, 1.807) is 10.8 Å². The molecule has 0 fully saturated rings. The molecule has 1 atom stereocenters. The fourth-order valence-electron chi connectivity index (χ4n) is 1.33. The van der Waals surface area contributed by atoms with Crippen molar-refractivity contribution >= 4 is 18.1 Å². The van der Waals surface area contributed by atoms with Crippen LogP contribution in [0.5, 0.6) is 0 Å². The molecule has 3 nitrogen and oxygen atoms in total. The van der Waals surface area contributed by atoms with Gasteiger partial charge in [-0.1, -0.05) is 13.8 Å². The Hall–Kier alpha value is -0.440. The van der Waals surface area contributed by atoms with E-state index < -0.39 is 0 Å². The van der Waals surface area contributed by atoms with Crippen molar-refractivity contribution < 1.29 is 0 Å². The largest absolute Gasteiger partial charge is 0.272 e. The van der Waals surface area contributed by atoms with Crippen LogP contribution in [0.25, 0.3) is 0 Å². The van der Waals surface area contributed by atoms with Crippen LogP contribution in [0.15, 0.2) is 5.10 Å². The molecule has 1 heterocycles. The Balaban J connectivity index is 2.50. The van der Waals surface area contributed by atoms with Crippen LogP contribution in [-0.2, 0) is 0 Å². The van der Waals surface area contributed by atoms with Crippen molar-refractivity contribution in [3.63, 3.8) is 0 Å². The average Bonchev–Trinajstić information content (AvgIpc) is 2.32. The van der Waals surface area contributed by atoms with Crippen molar-refractivity contribution in [2.24, 2.45) is 11.0 Å². The highest BCUT2D eigenvalue weighted by atomic mass is 35.5. The van der Waals surface area contributed by atoms with E-state index in [9.17, 15) is 0 Å². The predicted octanol–water partition coefficient (Wildman–Crippen LogP) is 2.09. The van der Waals surface area contributed by atoms with E-state index >= 15 is 0 Å². The van der Waals surface area contributed by atoms with Crippen LogP contribution in [0, 0.1) is 5.92 Å². The fourth-order valence-corrected chi connectivity index (χ4v) is 1.55. The lowest BCUT2D eigenvalue weighted by molar-refractivity contribution is 0.159.